The largest absolute Gasteiger partial charge is 0.490 e. The molecule has 27 heavy (non-hydrogen) atoms. The van der Waals surface area contributed by atoms with Crippen molar-refractivity contribution in [2.45, 2.75) is 20.4 Å². The van der Waals surface area contributed by atoms with Gasteiger partial charge in [0, 0.05) is 6.54 Å². The predicted octanol–water partition coefficient (Wildman–Crippen LogP) is 4.47. The summed E-state index contributed by atoms with van der Waals surface area (Å²) in [6.07, 6.45) is 1.53. The van der Waals surface area contributed by atoms with Crippen LogP contribution < -0.4 is 14.8 Å². The summed E-state index contributed by atoms with van der Waals surface area (Å²) in [5.74, 6) is 0.731. The summed E-state index contributed by atoms with van der Waals surface area (Å²) in [6, 6.07) is 15.0. The van der Waals surface area contributed by atoms with Gasteiger partial charge in [0.15, 0.2) is 11.5 Å². The molecule has 2 aromatic carbocycles. The van der Waals surface area contributed by atoms with Gasteiger partial charge in [-0.25, -0.2) is 0 Å². The Balaban J connectivity index is 2.23. The molecule has 0 saturated heterocycles. The highest BCUT2D eigenvalue weighted by Gasteiger charge is 2.14. The highest BCUT2D eigenvalue weighted by Crippen LogP contribution is 2.37. The third kappa shape index (κ3) is 5.87. The van der Waals surface area contributed by atoms with Gasteiger partial charge in [0.2, 0.25) is 0 Å². The monoisotopic (exact) mass is 428 g/mol. The van der Waals surface area contributed by atoms with Crippen molar-refractivity contribution >= 4 is 27.9 Å². The van der Waals surface area contributed by atoms with Crippen LogP contribution in [0, 0.1) is 11.3 Å². The van der Waals surface area contributed by atoms with Gasteiger partial charge in [-0.15, -0.1) is 0 Å². The normalized spacial score (nSPS) is 10.8. The van der Waals surface area contributed by atoms with E-state index < -0.39 is 5.91 Å². The molecule has 0 aliphatic heterocycles. The van der Waals surface area contributed by atoms with Crippen LogP contribution in [0.5, 0.6) is 11.5 Å². The van der Waals surface area contributed by atoms with Crippen molar-refractivity contribution in [3.63, 3.8) is 0 Å². The Hall–Kier alpha value is -2.78. The van der Waals surface area contributed by atoms with Crippen molar-refractivity contribution in [3.05, 3.63) is 63.6 Å². The molecule has 0 spiro atoms. The van der Waals surface area contributed by atoms with Gasteiger partial charge in [0.05, 0.1) is 17.7 Å². The van der Waals surface area contributed by atoms with E-state index in [4.69, 9.17) is 9.47 Å². The van der Waals surface area contributed by atoms with Crippen LogP contribution in [-0.4, -0.2) is 19.1 Å². The molecule has 0 saturated carbocycles. The minimum atomic E-state index is -0.427. The van der Waals surface area contributed by atoms with Gasteiger partial charge in [-0.05, 0) is 59.1 Å². The highest BCUT2D eigenvalue weighted by atomic mass is 79.9. The summed E-state index contributed by atoms with van der Waals surface area (Å²) in [5.41, 5.74) is 1.65. The minimum Gasteiger partial charge on any atom is -0.490 e. The van der Waals surface area contributed by atoms with E-state index in [0.29, 0.717) is 41.3 Å². The first-order valence-corrected chi connectivity index (χ1v) is 9.41. The van der Waals surface area contributed by atoms with Gasteiger partial charge in [-0.1, -0.05) is 30.3 Å². The Bertz CT molecular complexity index is 858. The number of halogens is 1. The number of hydrogen-bond donors (Lipinski definition) is 1. The summed E-state index contributed by atoms with van der Waals surface area (Å²) in [7, 11) is 0. The lowest BCUT2D eigenvalue weighted by atomic mass is 10.1. The van der Waals surface area contributed by atoms with Gasteiger partial charge >= 0.3 is 0 Å². The smallest absolute Gasteiger partial charge is 0.262 e. The maximum absolute atomic E-state index is 12.3. The lowest BCUT2D eigenvalue weighted by Crippen LogP contribution is -2.23. The van der Waals surface area contributed by atoms with Crippen molar-refractivity contribution in [2.75, 3.05) is 13.2 Å². The van der Waals surface area contributed by atoms with E-state index in [2.05, 4.69) is 21.2 Å². The van der Waals surface area contributed by atoms with E-state index in [9.17, 15) is 10.1 Å². The zero-order valence-electron chi connectivity index (χ0n) is 15.3. The quantitative estimate of drug-likeness (QED) is 0.497. The van der Waals surface area contributed by atoms with E-state index >= 15 is 0 Å². The average Bonchev–Trinajstić information content (AvgIpc) is 2.68. The Morgan fingerprint density at radius 2 is 1.89 bits per heavy atom. The maximum Gasteiger partial charge on any atom is 0.262 e. The number of nitrogens with one attached hydrogen (secondary N) is 1. The van der Waals surface area contributed by atoms with Crippen LogP contribution in [0.1, 0.15) is 25.0 Å². The SMILES string of the molecule is CCOc1cc(/C=C(\C#N)C(=O)NCc2ccccc2)cc(Br)c1OCC. The van der Waals surface area contributed by atoms with Crippen molar-refractivity contribution in [2.24, 2.45) is 0 Å². The lowest BCUT2D eigenvalue weighted by Gasteiger charge is -2.13. The van der Waals surface area contributed by atoms with Gasteiger partial charge < -0.3 is 14.8 Å². The predicted molar refractivity (Wildman–Crippen MR) is 108 cm³/mol. The standard InChI is InChI=1S/C21H21BrN2O3/c1-3-26-19-12-16(11-18(22)20(19)27-4-2)10-17(13-23)21(25)24-14-15-8-6-5-7-9-15/h5-12H,3-4,14H2,1-2H3,(H,24,25)/b17-10+. The molecule has 0 aromatic heterocycles. The molecule has 0 heterocycles. The molecule has 0 atom stereocenters. The van der Waals surface area contributed by atoms with E-state index in [1.54, 1.807) is 12.1 Å². The number of amides is 1. The van der Waals surface area contributed by atoms with E-state index in [1.807, 2.05) is 50.2 Å². The summed E-state index contributed by atoms with van der Waals surface area (Å²) in [5, 5.41) is 12.1. The molecule has 1 amide bonds. The zero-order chi connectivity index (χ0) is 19.6. The molecule has 0 fully saturated rings. The number of nitriles is 1. The number of rotatable bonds is 8. The second-order valence-electron chi connectivity index (χ2n) is 5.53. The molecule has 0 aliphatic rings. The second kappa shape index (κ2) is 10.4. The van der Waals surface area contributed by atoms with Crippen molar-refractivity contribution < 1.29 is 14.3 Å². The fourth-order valence-electron chi connectivity index (χ4n) is 2.41. The molecular weight excluding hydrogens is 408 g/mol. The van der Waals surface area contributed by atoms with E-state index in [-0.39, 0.29) is 5.57 Å². The molecule has 0 unspecified atom stereocenters. The number of ether oxygens (including phenoxy) is 2. The fourth-order valence-corrected chi connectivity index (χ4v) is 2.98. The number of carbonyl (C=O) groups excluding carboxylic acids is 1. The van der Waals surface area contributed by atoms with Crippen molar-refractivity contribution in [1.82, 2.24) is 5.32 Å². The molecule has 0 bridgehead atoms. The second-order valence-corrected chi connectivity index (χ2v) is 6.39. The van der Waals surface area contributed by atoms with Crippen LogP contribution in [0.2, 0.25) is 0 Å². The summed E-state index contributed by atoms with van der Waals surface area (Å²) < 4.78 is 11.9. The molecule has 2 aromatic rings. The van der Waals surface area contributed by atoms with Crippen molar-refractivity contribution in [1.29, 1.82) is 5.26 Å². The number of hydrogen-bond acceptors (Lipinski definition) is 4. The third-order valence-corrected chi connectivity index (χ3v) is 4.18. The fraction of sp³-hybridized carbons (Fsp3) is 0.238. The van der Waals surface area contributed by atoms with Gasteiger partial charge in [-0.3, -0.25) is 4.79 Å². The number of nitrogens with zero attached hydrogens (tertiary/aromatic N) is 1. The highest BCUT2D eigenvalue weighted by molar-refractivity contribution is 9.10. The average molecular weight is 429 g/mol. The molecule has 0 radical (unpaired) electrons. The van der Waals surface area contributed by atoms with Crippen molar-refractivity contribution in [3.8, 4) is 17.6 Å². The lowest BCUT2D eigenvalue weighted by molar-refractivity contribution is -0.117. The first-order valence-electron chi connectivity index (χ1n) is 8.62. The molecule has 1 N–H and O–H groups in total. The van der Waals surface area contributed by atoms with E-state index in [0.717, 1.165) is 5.56 Å². The first kappa shape index (κ1) is 20.5. The third-order valence-electron chi connectivity index (χ3n) is 3.59. The number of carbonyl (C=O) groups is 1. The zero-order valence-corrected chi connectivity index (χ0v) is 16.9. The Morgan fingerprint density at radius 3 is 2.52 bits per heavy atom. The molecule has 140 valence electrons. The Kier molecular flexibility index (Phi) is 7.90. The van der Waals surface area contributed by atoms with Crippen LogP contribution in [0.3, 0.4) is 0 Å². The van der Waals surface area contributed by atoms with Gasteiger partial charge in [0.1, 0.15) is 11.6 Å². The summed E-state index contributed by atoms with van der Waals surface area (Å²) in [4.78, 5) is 12.3. The molecule has 0 aliphatic carbocycles. The minimum absolute atomic E-state index is 0.0180. The molecule has 2 rings (SSSR count). The van der Waals surface area contributed by atoms with E-state index in [1.165, 1.54) is 6.08 Å². The molecule has 6 heteroatoms. The van der Waals surface area contributed by atoms with Crippen LogP contribution in [0.15, 0.2) is 52.5 Å². The molecular formula is C21H21BrN2O3. The molecule has 5 nitrogen and oxygen atoms in total. The van der Waals surface area contributed by atoms with Crippen LogP contribution >= 0.6 is 15.9 Å². The summed E-state index contributed by atoms with van der Waals surface area (Å²) >= 11 is 3.46. The van der Waals surface area contributed by atoms with Crippen LogP contribution in [-0.2, 0) is 11.3 Å². The Morgan fingerprint density at radius 1 is 1.19 bits per heavy atom. The topological polar surface area (TPSA) is 71.3 Å². The maximum atomic E-state index is 12.3. The Labute approximate surface area is 167 Å². The van der Waals surface area contributed by atoms with Crippen LogP contribution in [0.25, 0.3) is 6.08 Å². The first-order chi connectivity index (χ1) is 13.1. The summed E-state index contributed by atoms with van der Waals surface area (Å²) in [6.45, 7) is 5.10. The van der Waals surface area contributed by atoms with Gasteiger partial charge in [0.25, 0.3) is 5.91 Å². The van der Waals surface area contributed by atoms with Crippen LogP contribution in [0.4, 0.5) is 0 Å². The van der Waals surface area contributed by atoms with Gasteiger partial charge in [-0.2, -0.15) is 5.26 Å². The number of benzene rings is 2.